The number of hydrogen-bond acceptors (Lipinski definition) is 4. The average molecular weight is 339 g/mol. The van der Waals surface area contributed by atoms with Gasteiger partial charge in [-0.2, -0.15) is 28.4 Å². The number of aromatic nitrogens is 2. The Balaban J connectivity index is 2.37. The van der Waals surface area contributed by atoms with Crippen molar-refractivity contribution < 1.29 is 23.1 Å². The minimum absolute atomic E-state index is 0.0153. The fourth-order valence-electron chi connectivity index (χ4n) is 2.27. The number of hydrazone groups is 1. The van der Waals surface area contributed by atoms with Crippen LogP contribution in [0, 0.1) is 0 Å². The number of amides is 1. The smallest absolute Gasteiger partial charge is 0.362 e. The van der Waals surface area contributed by atoms with Crippen LogP contribution in [-0.2, 0) is 4.79 Å². The molecule has 0 unspecified atom stereocenters. The SMILES string of the molecule is CC[C@H](C(=O)N1N=C(C)C[C@@]1(O)C(F)(F)F)n1cc(Cl)cn1. The van der Waals surface area contributed by atoms with Gasteiger partial charge >= 0.3 is 6.18 Å². The number of rotatable bonds is 3. The van der Waals surface area contributed by atoms with Crippen molar-refractivity contribution in [1.29, 1.82) is 0 Å². The summed E-state index contributed by atoms with van der Waals surface area (Å²) in [6.07, 6.45) is -3.04. The molecule has 1 N–H and O–H groups in total. The second-order valence-corrected chi connectivity index (χ2v) is 5.48. The Morgan fingerprint density at radius 2 is 2.23 bits per heavy atom. The van der Waals surface area contributed by atoms with Crippen LogP contribution >= 0.6 is 11.6 Å². The lowest BCUT2D eigenvalue weighted by atomic mass is 10.1. The van der Waals surface area contributed by atoms with Crippen molar-refractivity contribution in [3.05, 3.63) is 17.4 Å². The molecule has 1 amide bonds. The molecular formula is C12H14ClF3N4O2. The summed E-state index contributed by atoms with van der Waals surface area (Å²) in [7, 11) is 0. The highest BCUT2D eigenvalue weighted by atomic mass is 35.5. The fraction of sp³-hybridized carbons (Fsp3) is 0.583. The molecule has 0 bridgehead atoms. The maximum Gasteiger partial charge on any atom is 0.438 e. The second kappa shape index (κ2) is 5.54. The number of carbonyl (C=O) groups is 1. The molecule has 1 aliphatic rings. The zero-order chi connectivity index (χ0) is 16.7. The van der Waals surface area contributed by atoms with Crippen LogP contribution in [0.3, 0.4) is 0 Å². The Bertz CT molecular complexity index is 616. The van der Waals surface area contributed by atoms with Gasteiger partial charge in [-0.3, -0.25) is 9.48 Å². The third-order valence-corrected chi connectivity index (χ3v) is 3.54. The van der Waals surface area contributed by atoms with E-state index in [1.807, 2.05) is 0 Å². The summed E-state index contributed by atoms with van der Waals surface area (Å²) in [4.78, 5) is 12.4. The van der Waals surface area contributed by atoms with Crippen molar-refractivity contribution >= 4 is 23.2 Å². The van der Waals surface area contributed by atoms with Gasteiger partial charge in [-0.25, -0.2) is 0 Å². The van der Waals surface area contributed by atoms with E-state index in [0.29, 0.717) is 0 Å². The monoisotopic (exact) mass is 338 g/mol. The van der Waals surface area contributed by atoms with E-state index in [-0.39, 0.29) is 22.2 Å². The first-order valence-electron chi connectivity index (χ1n) is 6.47. The average Bonchev–Trinajstić information content (AvgIpc) is 2.94. The topological polar surface area (TPSA) is 70.7 Å². The Kier molecular flexibility index (Phi) is 4.22. The Morgan fingerprint density at radius 3 is 2.68 bits per heavy atom. The van der Waals surface area contributed by atoms with Crippen LogP contribution in [0.5, 0.6) is 0 Å². The van der Waals surface area contributed by atoms with Gasteiger partial charge in [-0.05, 0) is 13.3 Å². The molecule has 0 radical (unpaired) electrons. The third-order valence-electron chi connectivity index (χ3n) is 3.35. The van der Waals surface area contributed by atoms with Crippen LogP contribution in [0.25, 0.3) is 0 Å². The van der Waals surface area contributed by atoms with Gasteiger partial charge in [0.25, 0.3) is 11.6 Å². The minimum atomic E-state index is -5.02. The largest absolute Gasteiger partial charge is 0.438 e. The summed E-state index contributed by atoms with van der Waals surface area (Å²) in [6.45, 7) is 2.92. The molecule has 122 valence electrons. The highest BCUT2D eigenvalue weighted by Gasteiger charge is 2.63. The lowest BCUT2D eigenvalue weighted by Crippen LogP contribution is -2.57. The zero-order valence-corrected chi connectivity index (χ0v) is 12.6. The number of nitrogens with zero attached hydrogens (tertiary/aromatic N) is 4. The van der Waals surface area contributed by atoms with E-state index in [0.717, 1.165) is 4.68 Å². The Morgan fingerprint density at radius 1 is 1.59 bits per heavy atom. The quantitative estimate of drug-likeness (QED) is 0.919. The molecule has 0 aliphatic carbocycles. The van der Waals surface area contributed by atoms with Gasteiger partial charge in [0.15, 0.2) is 0 Å². The van der Waals surface area contributed by atoms with E-state index in [9.17, 15) is 23.1 Å². The summed E-state index contributed by atoms with van der Waals surface area (Å²) in [6, 6.07) is -1.05. The minimum Gasteiger partial charge on any atom is -0.362 e. The summed E-state index contributed by atoms with van der Waals surface area (Å²) < 4.78 is 40.6. The van der Waals surface area contributed by atoms with Crippen LogP contribution < -0.4 is 0 Å². The molecule has 10 heteroatoms. The summed E-state index contributed by atoms with van der Waals surface area (Å²) in [5.74, 6) is -1.00. The highest BCUT2D eigenvalue weighted by Crippen LogP contribution is 2.41. The molecule has 6 nitrogen and oxygen atoms in total. The van der Waals surface area contributed by atoms with Crippen molar-refractivity contribution in [1.82, 2.24) is 14.8 Å². The van der Waals surface area contributed by atoms with E-state index in [1.165, 1.54) is 19.3 Å². The lowest BCUT2D eigenvalue weighted by molar-refractivity contribution is -0.303. The van der Waals surface area contributed by atoms with Gasteiger partial charge in [-0.1, -0.05) is 18.5 Å². The van der Waals surface area contributed by atoms with Crippen LogP contribution in [0.4, 0.5) is 13.2 Å². The van der Waals surface area contributed by atoms with Crippen LogP contribution in [0.15, 0.2) is 17.5 Å². The molecule has 2 heterocycles. The number of aliphatic hydroxyl groups is 1. The van der Waals surface area contributed by atoms with E-state index in [2.05, 4.69) is 10.2 Å². The maximum absolute atomic E-state index is 13.1. The summed E-state index contributed by atoms with van der Waals surface area (Å²) in [5.41, 5.74) is -3.32. The van der Waals surface area contributed by atoms with E-state index in [1.54, 1.807) is 6.92 Å². The molecule has 0 saturated carbocycles. The number of carbonyl (C=O) groups excluding carboxylic acids is 1. The standard InChI is InChI=1S/C12H14ClF3N4O2/c1-3-9(19-6-8(13)5-17-19)10(21)20-11(22,12(14,15)16)4-7(2)18-20/h5-6,9,22H,3-4H2,1-2H3/t9-,11-/m1/s1. The number of hydrogen-bond donors (Lipinski definition) is 1. The van der Waals surface area contributed by atoms with Crippen molar-refractivity contribution in [2.45, 2.75) is 44.6 Å². The zero-order valence-electron chi connectivity index (χ0n) is 11.8. The van der Waals surface area contributed by atoms with E-state index in [4.69, 9.17) is 11.6 Å². The first-order chi connectivity index (χ1) is 10.1. The van der Waals surface area contributed by atoms with Crippen LogP contribution in [0.2, 0.25) is 5.02 Å². The number of alkyl halides is 3. The van der Waals surface area contributed by atoms with Gasteiger partial charge in [-0.15, -0.1) is 0 Å². The first kappa shape index (κ1) is 16.8. The third kappa shape index (κ3) is 2.70. The van der Waals surface area contributed by atoms with Crippen molar-refractivity contribution in [3.8, 4) is 0 Å². The van der Waals surface area contributed by atoms with Crippen molar-refractivity contribution in [2.75, 3.05) is 0 Å². The van der Waals surface area contributed by atoms with Gasteiger partial charge in [0, 0.05) is 18.3 Å². The van der Waals surface area contributed by atoms with Crippen molar-refractivity contribution in [3.63, 3.8) is 0 Å². The molecule has 2 atom stereocenters. The molecule has 0 saturated heterocycles. The molecule has 22 heavy (non-hydrogen) atoms. The molecular weight excluding hydrogens is 325 g/mol. The molecule has 0 spiro atoms. The second-order valence-electron chi connectivity index (χ2n) is 5.04. The van der Waals surface area contributed by atoms with Crippen LogP contribution in [0.1, 0.15) is 32.7 Å². The molecule has 1 aromatic heterocycles. The summed E-state index contributed by atoms with van der Waals surface area (Å²) in [5, 5.41) is 17.7. The normalized spacial score (nSPS) is 23.6. The first-order valence-corrected chi connectivity index (χ1v) is 6.85. The van der Waals surface area contributed by atoms with Crippen molar-refractivity contribution in [2.24, 2.45) is 5.10 Å². The Labute approximate surface area is 129 Å². The summed E-state index contributed by atoms with van der Waals surface area (Å²) >= 11 is 5.71. The highest BCUT2D eigenvalue weighted by molar-refractivity contribution is 6.30. The fourth-order valence-corrected chi connectivity index (χ4v) is 2.42. The molecule has 0 fully saturated rings. The van der Waals surface area contributed by atoms with E-state index < -0.39 is 30.3 Å². The van der Waals surface area contributed by atoms with Gasteiger partial charge in [0.05, 0.1) is 11.2 Å². The molecule has 2 rings (SSSR count). The van der Waals surface area contributed by atoms with E-state index >= 15 is 0 Å². The molecule has 1 aliphatic heterocycles. The predicted octanol–water partition coefficient (Wildman–Crippen LogP) is 2.35. The van der Waals surface area contributed by atoms with Crippen LogP contribution in [-0.4, -0.2) is 43.4 Å². The molecule has 0 aromatic carbocycles. The van der Waals surface area contributed by atoms with Gasteiger partial charge in [0.2, 0.25) is 0 Å². The van der Waals surface area contributed by atoms with Gasteiger partial charge < -0.3 is 5.11 Å². The van der Waals surface area contributed by atoms with Gasteiger partial charge in [0.1, 0.15) is 6.04 Å². The Hall–Kier alpha value is -1.61. The number of halogens is 4. The molecule has 1 aromatic rings. The lowest BCUT2D eigenvalue weighted by Gasteiger charge is -2.34. The predicted molar refractivity (Wildman–Crippen MR) is 72.1 cm³/mol. The maximum atomic E-state index is 13.1.